The predicted molar refractivity (Wildman–Crippen MR) is 120 cm³/mol. The number of nitrogens with zero attached hydrogens (tertiary/aromatic N) is 1. The van der Waals surface area contributed by atoms with Gasteiger partial charge in [0.15, 0.2) is 0 Å². The molecule has 0 unspecified atom stereocenters. The van der Waals surface area contributed by atoms with Crippen molar-refractivity contribution in [3.63, 3.8) is 0 Å². The Kier molecular flexibility index (Phi) is 6.08. The Morgan fingerprint density at radius 1 is 0.968 bits per heavy atom. The highest BCUT2D eigenvalue weighted by Gasteiger charge is 2.30. The van der Waals surface area contributed by atoms with E-state index in [2.05, 4.69) is 0 Å². The van der Waals surface area contributed by atoms with Crippen molar-refractivity contribution in [3.8, 4) is 5.75 Å². The van der Waals surface area contributed by atoms with Crippen LogP contribution in [0.4, 0.5) is 0 Å². The molecule has 1 aliphatic rings. The first-order chi connectivity index (χ1) is 14.8. The summed E-state index contributed by atoms with van der Waals surface area (Å²) in [5.74, 6) is -0.511. The highest BCUT2D eigenvalue weighted by molar-refractivity contribution is 7.89. The molecule has 0 aromatic heterocycles. The first-order valence-electron chi connectivity index (χ1n) is 9.60. The summed E-state index contributed by atoms with van der Waals surface area (Å²) in [7, 11) is -3.91. The third-order valence-corrected chi connectivity index (χ3v) is 7.81. The van der Waals surface area contributed by atoms with Crippen molar-refractivity contribution < 1.29 is 17.9 Å². The van der Waals surface area contributed by atoms with E-state index in [4.69, 9.17) is 27.9 Å². The molecular weight excluding hydrogens is 457 g/mol. The zero-order chi connectivity index (χ0) is 22.2. The highest BCUT2D eigenvalue weighted by atomic mass is 35.5. The highest BCUT2D eigenvalue weighted by Crippen LogP contribution is 2.31. The fourth-order valence-corrected chi connectivity index (χ4v) is 5.57. The Bertz CT molecular complexity index is 1270. The van der Waals surface area contributed by atoms with Gasteiger partial charge in [-0.2, -0.15) is 4.31 Å². The van der Waals surface area contributed by atoms with Gasteiger partial charge < -0.3 is 4.74 Å². The largest absolute Gasteiger partial charge is 0.421 e. The second-order valence-electron chi connectivity index (χ2n) is 7.33. The van der Waals surface area contributed by atoms with E-state index >= 15 is 0 Å². The summed E-state index contributed by atoms with van der Waals surface area (Å²) in [6.07, 6.45) is 0.612. The summed E-state index contributed by atoms with van der Waals surface area (Å²) in [5, 5.41) is 0.330. The van der Waals surface area contributed by atoms with E-state index in [1.165, 1.54) is 22.5 Å². The molecule has 0 aliphatic carbocycles. The number of rotatable bonds is 4. The van der Waals surface area contributed by atoms with Crippen LogP contribution in [0.5, 0.6) is 5.75 Å². The van der Waals surface area contributed by atoms with E-state index in [0.29, 0.717) is 13.0 Å². The van der Waals surface area contributed by atoms with Crippen LogP contribution in [-0.2, 0) is 23.0 Å². The molecule has 8 heteroatoms. The molecule has 3 aromatic carbocycles. The molecule has 4 rings (SSSR count). The Morgan fingerprint density at radius 3 is 2.45 bits per heavy atom. The monoisotopic (exact) mass is 475 g/mol. The maximum absolute atomic E-state index is 13.3. The van der Waals surface area contributed by atoms with E-state index in [0.717, 1.165) is 16.7 Å². The molecule has 160 valence electrons. The maximum Gasteiger partial charge on any atom is 0.343 e. The Labute approximate surface area is 191 Å². The predicted octanol–water partition coefficient (Wildman–Crippen LogP) is 5.27. The smallest absolute Gasteiger partial charge is 0.343 e. The lowest BCUT2D eigenvalue weighted by molar-refractivity contribution is 0.0734. The molecule has 0 bridgehead atoms. The fourth-order valence-electron chi connectivity index (χ4n) is 3.49. The number of esters is 1. The van der Waals surface area contributed by atoms with Gasteiger partial charge in [-0.25, -0.2) is 13.2 Å². The number of carbonyl (C=O) groups excluding carboxylic acids is 1. The molecule has 0 N–H and O–H groups in total. The quantitative estimate of drug-likeness (QED) is 0.380. The van der Waals surface area contributed by atoms with Gasteiger partial charge in [-0.3, -0.25) is 0 Å². The molecule has 0 saturated carbocycles. The normalized spacial score (nSPS) is 14.2. The number of aryl methyl sites for hydroxylation is 1. The number of halogens is 2. The topological polar surface area (TPSA) is 63.7 Å². The van der Waals surface area contributed by atoms with Crippen molar-refractivity contribution in [1.82, 2.24) is 4.31 Å². The molecular formula is C23H19Cl2NO4S. The van der Waals surface area contributed by atoms with Gasteiger partial charge in [-0.05, 0) is 60.4 Å². The molecule has 0 spiro atoms. The molecule has 0 atom stereocenters. The maximum atomic E-state index is 13.3. The van der Waals surface area contributed by atoms with Gasteiger partial charge in [0.2, 0.25) is 10.0 Å². The van der Waals surface area contributed by atoms with Gasteiger partial charge in [0.05, 0.1) is 15.6 Å². The summed E-state index contributed by atoms with van der Waals surface area (Å²) in [5.41, 5.74) is 3.03. The Balaban J connectivity index is 1.63. The first kappa shape index (κ1) is 21.8. The number of fused-ring (bicyclic) bond motifs is 1. The van der Waals surface area contributed by atoms with Crippen LogP contribution in [0, 0.1) is 6.92 Å². The summed E-state index contributed by atoms with van der Waals surface area (Å²) in [6.45, 7) is 2.43. The zero-order valence-corrected chi connectivity index (χ0v) is 19.0. The Morgan fingerprint density at radius 2 is 1.68 bits per heavy atom. The molecule has 1 aliphatic heterocycles. The molecule has 3 aromatic rings. The number of hydrogen-bond acceptors (Lipinski definition) is 4. The van der Waals surface area contributed by atoms with Crippen LogP contribution in [-0.4, -0.2) is 25.2 Å². The van der Waals surface area contributed by atoms with Crippen molar-refractivity contribution in [2.75, 3.05) is 6.54 Å². The van der Waals surface area contributed by atoms with E-state index in [1.807, 2.05) is 31.2 Å². The summed E-state index contributed by atoms with van der Waals surface area (Å²) in [6, 6.07) is 16.9. The molecule has 0 saturated heterocycles. The molecule has 1 heterocycles. The summed E-state index contributed by atoms with van der Waals surface area (Å²) < 4.78 is 33.4. The van der Waals surface area contributed by atoms with E-state index < -0.39 is 16.0 Å². The molecule has 0 amide bonds. The lowest BCUT2D eigenvalue weighted by Crippen LogP contribution is -2.36. The Hall–Kier alpha value is -2.38. The minimum absolute atomic E-state index is 0.0454. The van der Waals surface area contributed by atoms with Gasteiger partial charge in [0.25, 0.3) is 0 Å². The minimum Gasteiger partial charge on any atom is -0.421 e. The number of sulfonamides is 1. The number of carbonyl (C=O) groups is 1. The molecule has 0 fully saturated rings. The second-order valence-corrected chi connectivity index (χ2v) is 10.0. The van der Waals surface area contributed by atoms with Crippen LogP contribution in [0.1, 0.15) is 27.0 Å². The lowest BCUT2D eigenvalue weighted by atomic mass is 10.0. The van der Waals surface area contributed by atoms with Crippen LogP contribution in [0.25, 0.3) is 0 Å². The molecule has 0 radical (unpaired) electrons. The molecule has 31 heavy (non-hydrogen) atoms. The lowest BCUT2D eigenvalue weighted by Gasteiger charge is -2.28. The standard InChI is InChI=1S/C23H19Cl2NO4S/c1-15-6-8-19(24)21(12-15)30-23(27)17-7-9-20(25)22(13-17)31(28,29)26-11-10-16-4-2-3-5-18(16)14-26/h2-9,12-13H,10-11,14H2,1H3. The van der Waals surface area contributed by atoms with Gasteiger partial charge in [0, 0.05) is 13.1 Å². The van der Waals surface area contributed by atoms with E-state index in [-0.39, 0.29) is 32.8 Å². The van der Waals surface area contributed by atoms with Crippen molar-refractivity contribution in [2.24, 2.45) is 0 Å². The van der Waals surface area contributed by atoms with Crippen LogP contribution < -0.4 is 4.74 Å². The summed E-state index contributed by atoms with van der Waals surface area (Å²) in [4.78, 5) is 12.5. The average molecular weight is 476 g/mol. The van der Waals surface area contributed by atoms with Crippen LogP contribution >= 0.6 is 23.2 Å². The molecule has 5 nitrogen and oxygen atoms in total. The number of ether oxygens (including phenoxy) is 1. The van der Waals surface area contributed by atoms with Crippen molar-refractivity contribution in [2.45, 2.75) is 24.8 Å². The van der Waals surface area contributed by atoms with Crippen LogP contribution in [0.15, 0.2) is 65.6 Å². The fraction of sp³-hybridized carbons (Fsp3) is 0.174. The van der Waals surface area contributed by atoms with Gasteiger partial charge in [-0.15, -0.1) is 0 Å². The van der Waals surface area contributed by atoms with Gasteiger partial charge in [0.1, 0.15) is 10.6 Å². The van der Waals surface area contributed by atoms with Crippen molar-refractivity contribution in [1.29, 1.82) is 0 Å². The zero-order valence-electron chi connectivity index (χ0n) is 16.6. The third kappa shape index (κ3) is 4.48. The van der Waals surface area contributed by atoms with E-state index in [9.17, 15) is 13.2 Å². The van der Waals surface area contributed by atoms with Crippen LogP contribution in [0.3, 0.4) is 0 Å². The second kappa shape index (κ2) is 8.63. The average Bonchev–Trinajstić information content (AvgIpc) is 2.76. The van der Waals surface area contributed by atoms with Crippen molar-refractivity contribution in [3.05, 3.63) is 93.0 Å². The number of benzene rings is 3. The van der Waals surface area contributed by atoms with Gasteiger partial charge in [-0.1, -0.05) is 53.5 Å². The van der Waals surface area contributed by atoms with Crippen molar-refractivity contribution >= 4 is 39.2 Å². The minimum atomic E-state index is -3.91. The van der Waals surface area contributed by atoms with Crippen LogP contribution in [0.2, 0.25) is 10.0 Å². The number of hydrogen-bond donors (Lipinski definition) is 0. The third-order valence-electron chi connectivity index (χ3n) is 5.17. The van der Waals surface area contributed by atoms with E-state index in [1.54, 1.807) is 18.2 Å². The van der Waals surface area contributed by atoms with Gasteiger partial charge >= 0.3 is 5.97 Å². The SMILES string of the molecule is Cc1ccc(Cl)c(OC(=O)c2ccc(Cl)c(S(=O)(=O)N3CCc4ccccc4C3)c2)c1. The first-order valence-corrected chi connectivity index (χ1v) is 11.8. The summed E-state index contributed by atoms with van der Waals surface area (Å²) >= 11 is 12.3.